The van der Waals surface area contributed by atoms with Gasteiger partial charge in [0.2, 0.25) is 0 Å². The predicted molar refractivity (Wildman–Crippen MR) is 180 cm³/mol. The molecular formula is C38H62O5. The molecule has 244 valence electrons. The van der Waals surface area contributed by atoms with Gasteiger partial charge < -0.3 is 23.7 Å². The number of ether oxygens (including phenoxy) is 5. The van der Waals surface area contributed by atoms with Gasteiger partial charge in [-0.15, -0.1) is 0 Å². The predicted octanol–water partition coefficient (Wildman–Crippen LogP) is 9.78. The first-order valence-corrected chi connectivity index (χ1v) is 17.5. The van der Waals surface area contributed by atoms with Crippen LogP contribution in [0, 0.1) is 0 Å². The van der Waals surface area contributed by atoms with E-state index in [1.807, 2.05) is 0 Å². The van der Waals surface area contributed by atoms with E-state index in [1.165, 1.54) is 101 Å². The molecule has 0 aromatic heterocycles. The first-order valence-electron chi connectivity index (χ1n) is 17.5. The highest BCUT2D eigenvalue weighted by Crippen LogP contribution is 2.16. The maximum atomic E-state index is 5.80. The fourth-order valence-corrected chi connectivity index (χ4v) is 5.06. The zero-order valence-corrected chi connectivity index (χ0v) is 27.6. The van der Waals surface area contributed by atoms with Crippen LogP contribution in [0.4, 0.5) is 0 Å². The molecule has 2 aromatic carbocycles. The highest BCUT2D eigenvalue weighted by atomic mass is 16.6. The molecule has 0 unspecified atom stereocenters. The SMILES string of the molecule is CCCCCCCCCc1ccc(OCCOCCOCCOCCOc2ccc(CCCCCCCCC)cc2)cc1. The van der Waals surface area contributed by atoms with E-state index in [1.54, 1.807) is 0 Å². The topological polar surface area (TPSA) is 46.2 Å². The maximum Gasteiger partial charge on any atom is 0.119 e. The molecule has 0 saturated carbocycles. The van der Waals surface area contributed by atoms with Crippen molar-refractivity contribution in [2.45, 2.75) is 117 Å². The highest BCUT2D eigenvalue weighted by Gasteiger charge is 2.00. The van der Waals surface area contributed by atoms with Gasteiger partial charge in [-0.3, -0.25) is 0 Å². The van der Waals surface area contributed by atoms with Crippen molar-refractivity contribution in [2.75, 3.05) is 52.9 Å². The standard InChI is InChI=1S/C38H62O5/c1-3-5-7-9-11-13-15-17-35-19-23-37(24-20-35)42-33-31-40-29-27-39-28-30-41-32-34-43-38-25-21-36(22-26-38)18-16-14-12-10-8-6-4-2/h19-26H,3-18,27-34H2,1-2H3. The van der Waals surface area contributed by atoms with Crippen LogP contribution in [-0.2, 0) is 27.1 Å². The number of hydrogen-bond donors (Lipinski definition) is 0. The van der Waals surface area contributed by atoms with Crippen molar-refractivity contribution in [1.82, 2.24) is 0 Å². The molecule has 0 N–H and O–H groups in total. The second-order valence-corrected chi connectivity index (χ2v) is 11.6. The first kappa shape index (κ1) is 37.1. The summed E-state index contributed by atoms with van der Waals surface area (Å²) in [5.74, 6) is 1.81. The van der Waals surface area contributed by atoms with E-state index >= 15 is 0 Å². The van der Waals surface area contributed by atoms with Gasteiger partial charge in [0.25, 0.3) is 0 Å². The Bertz CT molecular complexity index is 780. The Morgan fingerprint density at radius 2 is 0.651 bits per heavy atom. The summed E-state index contributed by atoms with van der Waals surface area (Å²) in [5, 5.41) is 0. The molecule has 0 fully saturated rings. The van der Waals surface area contributed by atoms with Crippen molar-refractivity contribution in [2.24, 2.45) is 0 Å². The molecule has 2 rings (SSSR count). The quantitative estimate of drug-likeness (QED) is 0.0838. The van der Waals surface area contributed by atoms with E-state index in [9.17, 15) is 0 Å². The van der Waals surface area contributed by atoms with E-state index in [0.29, 0.717) is 52.9 Å². The van der Waals surface area contributed by atoms with Crippen molar-refractivity contribution in [1.29, 1.82) is 0 Å². The van der Waals surface area contributed by atoms with Gasteiger partial charge in [-0.2, -0.15) is 0 Å². The van der Waals surface area contributed by atoms with E-state index < -0.39 is 0 Å². The molecule has 0 saturated heterocycles. The molecule has 5 heteroatoms. The number of aryl methyl sites for hydroxylation is 2. The maximum absolute atomic E-state index is 5.80. The Kier molecular flexibility index (Phi) is 23.7. The smallest absolute Gasteiger partial charge is 0.119 e. The Hall–Kier alpha value is -2.08. The summed E-state index contributed by atoms with van der Waals surface area (Å²) in [6, 6.07) is 17.0. The molecule has 2 aromatic rings. The summed E-state index contributed by atoms with van der Waals surface area (Å²) in [7, 11) is 0. The summed E-state index contributed by atoms with van der Waals surface area (Å²) >= 11 is 0. The number of hydrogen-bond acceptors (Lipinski definition) is 5. The zero-order valence-electron chi connectivity index (χ0n) is 27.6. The van der Waals surface area contributed by atoms with Gasteiger partial charge in [0, 0.05) is 0 Å². The molecular weight excluding hydrogens is 536 g/mol. The van der Waals surface area contributed by atoms with Crippen LogP contribution in [-0.4, -0.2) is 52.9 Å². The Morgan fingerprint density at radius 3 is 1.00 bits per heavy atom. The van der Waals surface area contributed by atoms with Crippen LogP contribution < -0.4 is 9.47 Å². The summed E-state index contributed by atoms with van der Waals surface area (Å²) in [6.45, 7) is 8.95. The highest BCUT2D eigenvalue weighted by molar-refractivity contribution is 5.28. The minimum atomic E-state index is 0.544. The van der Waals surface area contributed by atoms with Crippen LogP contribution in [0.3, 0.4) is 0 Å². The Balaban J connectivity index is 1.33. The zero-order chi connectivity index (χ0) is 30.5. The molecule has 0 heterocycles. The van der Waals surface area contributed by atoms with E-state index in [-0.39, 0.29) is 0 Å². The molecule has 0 bridgehead atoms. The largest absolute Gasteiger partial charge is 0.491 e. The molecule has 0 aliphatic heterocycles. The van der Waals surface area contributed by atoms with E-state index in [2.05, 4.69) is 62.4 Å². The van der Waals surface area contributed by atoms with Gasteiger partial charge in [-0.25, -0.2) is 0 Å². The third-order valence-electron chi connectivity index (χ3n) is 7.72. The molecule has 0 aliphatic carbocycles. The Labute approximate surface area is 264 Å². The minimum Gasteiger partial charge on any atom is -0.491 e. The van der Waals surface area contributed by atoms with Crippen LogP contribution in [0.5, 0.6) is 11.5 Å². The molecule has 5 nitrogen and oxygen atoms in total. The molecule has 43 heavy (non-hydrogen) atoms. The molecule has 0 radical (unpaired) electrons. The molecule has 0 spiro atoms. The Morgan fingerprint density at radius 1 is 0.349 bits per heavy atom. The molecule has 0 atom stereocenters. The lowest BCUT2D eigenvalue weighted by atomic mass is 10.0. The molecule has 0 amide bonds. The monoisotopic (exact) mass is 598 g/mol. The van der Waals surface area contributed by atoms with Gasteiger partial charge in [0.1, 0.15) is 24.7 Å². The summed E-state index contributed by atoms with van der Waals surface area (Å²) < 4.78 is 28.4. The van der Waals surface area contributed by atoms with Crippen LogP contribution in [0.2, 0.25) is 0 Å². The van der Waals surface area contributed by atoms with Crippen molar-refractivity contribution in [3.63, 3.8) is 0 Å². The number of rotatable bonds is 30. The van der Waals surface area contributed by atoms with Crippen molar-refractivity contribution in [3.05, 3.63) is 59.7 Å². The fraction of sp³-hybridized carbons (Fsp3) is 0.684. The van der Waals surface area contributed by atoms with Crippen LogP contribution in [0.25, 0.3) is 0 Å². The summed E-state index contributed by atoms with van der Waals surface area (Å²) in [5.41, 5.74) is 2.79. The van der Waals surface area contributed by atoms with Crippen molar-refractivity contribution >= 4 is 0 Å². The van der Waals surface area contributed by atoms with Crippen molar-refractivity contribution < 1.29 is 23.7 Å². The fourth-order valence-electron chi connectivity index (χ4n) is 5.06. The summed E-state index contributed by atoms with van der Waals surface area (Å²) in [4.78, 5) is 0. The van der Waals surface area contributed by atoms with Gasteiger partial charge in [-0.1, -0.05) is 115 Å². The lowest BCUT2D eigenvalue weighted by Gasteiger charge is -2.10. The lowest BCUT2D eigenvalue weighted by Crippen LogP contribution is -2.14. The van der Waals surface area contributed by atoms with Gasteiger partial charge in [0.05, 0.1) is 39.6 Å². The third kappa shape index (κ3) is 21.3. The average Bonchev–Trinajstić information content (AvgIpc) is 3.03. The van der Waals surface area contributed by atoms with Crippen molar-refractivity contribution in [3.8, 4) is 11.5 Å². The van der Waals surface area contributed by atoms with Crippen LogP contribution >= 0.6 is 0 Å². The van der Waals surface area contributed by atoms with E-state index in [0.717, 1.165) is 24.3 Å². The second-order valence-electron chi connectivity index (χ2n) is 11.6. The normalized spacial score (nSPS) is 11.2. The van der Waals surface area contributed by atoms with E-state index in [4.69, 9.17) is 23.7 Å². The minimum absolute atomic E-state index is 0.544. The van der Waals surface area contributed by atoms with Gasteiger partial charge in [0.15, 0.2) is 0 Å². The lowest BCUT2D eigenvalue weighted by molar-refractivity contribution is 0.00499. The summed E-state index contributed by atoms with van der Waals surface area (Å²) in [6.07, 6.45) is 21.2. The second kappa shape index (κ2) is 27.5. The van der Waals surface area contributed by atoms with Crippen LogP contribution in [0.15, 0.2) is 48.5 Å². The third-order valence-corrected chi connectivity index (χ3v) is 7.72. The average molecular weight is 599 g/mol. The number of unbranched alkanes of at least 4 members (excludes halogenated alkanes) is 12. The first-order chi connectivity index (χ1) is 21.3. The number of benzene rings is 2. The molecule has 0 aliphatic rings. The van der Waals surface area contributed by atoms with Gasteiger partial charge >= 0.3 is 0 Å². The van der Waals surface area contributed by atoms with Gasteiger partial charge in [-0.05, 0) is 61.1 Å². The van der Waals surface area contributed by atoms with Crippen LogP contribution in [0.1, 0.15) is 115 Å².